The van der Waals surface area contributed by atoms with Crippen molar-refractivity contribution in [2.45, 2.75) is 13.5 Å². The topological polar surface area (TPSA) is 95.2 Å². The molecule has 0 amide bonds. The fraction of sp³-hybridized carbons (Fsp3) is 0.222. The highest BCUT2D eigenvalue weighted by Crippen LogP contribution is 2.32. The minimum Gasteiger partial charge on any atom is -0.502 e. The third-order valence-electron chi connectivity index (χ3n) is 3.32. The fourth-order valence-corrected chi connectivity index (χ4v) is 2.15. The summed E-state index contributed by atoms with van der Waals surface area (Å²) in [5.74, 6) is 0.208. The molecule has 25 heavy (non-hydrogen) atoms. The van der Waals surface area contributed by atoms with E-state index in [1.165, 1.54) is 13.2 Å². The molecule has 132 valence electrons. The van der Waals surface area contributed by atoms with Crippen LogP contribution in [0, 0.1) is 6.92 Å². The Balaban J connectivity index is 2.03. The quantitative estimate of drug-likeness (QED) is 0.634. The monoisotopic (exact) mass is 346 g/mol. The molecule has 1 N–H and O–H groups in total. The molecule has 0 bridgehead atoms. The highest BCUT2D eigenvalue weighted by Gasteiger charge is 2.09. The van der Waals surface area contributed by atoms with Crippen molar-refractivity contribution in [3.8, 4) is 17.2 Å². The molecule has 1 heterocycles. The number of benzene rings is 1. The van der Waals surface area contributed by atoms with Gasteiger partial charge in [0.2, 0.25) is 5.43 Å². The van der Waals surface area contributed by atoms with Crippen molar-refractivity contribution in [2.24, 2.45) is 0 Å². The van der Waals surface area contributed by atoms with Crippen molar-refractivity contribution < 1.29 is 28.5 Å². The van der Waals surface area contributed by atoms with E-state index in [1.807, 2.05) is 13.0 Å². The number of methoxy groups -OCH3 is 2. The van der Waals surface area contributed by atoms with Crippen molar-refractivity contribution in [1.82, 2.24) is 0 Å². The predicted molar refractivity (Wildman–Crippen MR) is 89.8 cm³/mol. The summed E-state index contributed by atoms with van der Waals surface area (Å²) >= 11 is 0. The minimum atomic E-state index is -0.608. The zero-order valence-corrected chi connectivity index (χ0v) is 14.1. The van der Waals surface area contributed by atoms with Gasteiger partial charge in [-0.25, -0.2) is 4.79 Å². The van der Waals surface area contributed by atoms with E-state index in [1.54, 1.807) is 19.3 Å². The van der Waals surface area contributed by atoms with Gasteiger partial charge in [-0.1, -0.05) is 0 Å². The first kappa shape index (κ1) is 18.1. The number of carbonyl (C=O) groups is 1. The van der Waals surface area contributed by atoms with Crippen molar-refractivity contribution in [3.05, 3.63) is 57.6 Å². The number of aryl methyl sites for hydroxylation is 1. The highest BCUT2D eigenvalue weighted by atomic mass is 16.5. The third-order valence-corrected chi connectivity index (χ3v) is 3.32. The van der Waals surface area contributed by atoms with Gasteiger partial charge in [0.1, 0.15) is 18.6 Å². The van der Waals surface area contributed by atoms with Crippen LogP contribution in [0.5, 0.6) is 17.2 Å². The highest BCUT2D eigenvalue weighted by molar-refractivity contribution is 5.87. The molecule has 1 aromatic carbocycles. The average Bonchev–Trinajstić information content (AvgIpc) is 2.60. The van der Waals surface area contributed by atoms with E-state index < -0.39 is 17.1 Å². The molecule has 0 aliphatic carbocycles. The third kappa shape index (κ3) is 4.63. The van der Waals surface area contributed by atoms with Crippen LogP contribution in [0.25, 0.3) is 6.08 Å². The lowest BCUT2D eigenvalue weighted by atomic mass is 10.1. The molecule has 2 aromatic rings. The second-order valence-electron chi connectivity index (χ2n) is 5.11. The number of hydrogen-bond donors (Lipinski definition) is 1. The van der Waals surface area contributed by atoms with Crippen LogP contribution in [0.3, 0.4) is 0 Å². The van der Waals surface area contributed by atoms with Crippen LogP contribution in [0.1, 0.15) is 16.9 Å². The molecule has 0 aliphatic rings. The zero-order chi connectivity index (χ0) is 18.4. The maximum absolute atomic E-state index is 11.8. The van der Waals surface area contributed by atoms with Crippen molar-refractivity contribution >= 4 is 12.0 Å². The second-order valence-corrected chi connectivity index (χ2v) is 5.11. The van der Waals surface area contributed by atoms with Gasteiger partial charge < -0.3 is 23.7 Å². The van der Waals surface area contributed by atoms with Gasteiger partial charge in [0.15, 0.2) is 17.2 Å². The summed E-state index contributed by atoms with van der Waals surface area (Å²) in [6.07, 6.45) is 3.72. The SMILES string of the molecule is COc1cc(/C=C/C(=O)OCc2cc(=O)c(O)co2)cc(C)c1OC. The Hall–Kier alpha value is -3.22. The number of rotatable bonds is 6. The van der Waals surface area contributed by atoms with Gasteiger partial charge in [-0.05, 0) is 36.3 Å². The fourth-order valence-electron chi connectivity index (χ4n) is 2.15. The molecular formula is C18H18O7. The van der Waals surface area contributed by atoms with E-state index in [4.69, 9.17) is 23.7 Å². The molecule has 1 aromatic heterocycles. The average molecular weight is 346 g/mol. The van der Waals surface area contributed by atoms with Crippen LogP contribution >= 0.6 is 0 Å². The predicted octanol–water partition coefficient (Wildman–Crippen LogP) is 2.43. The Labute approximate surface area is 144 Å². The zero-order valence-electron chi connectivity index (χ0n) is 14.1. The summed E-state index contributed by atoms with van der Waals surface area (Å²) in [5, 5.41) is 9.09. The maximum atomic E-state index is 11.8. The second kappa shape index (κ2) is 8.05. The number of hydrogen-bond acceptors (Lipinski definition) is 7. The van der Waals surface area contributed by atoms with Gasteiger partial charge in [0.25, 0.3) is 0 Å². The Kier molecular flexibility index (Phi) is 5.84. The van der Waals surface area contributed by atoms with Gasteiger partial charge in [-0.15, -0.1) is 0 Å². The Morgan fingerprint density at radius 3 is 2.64 bits per heavy atom. The standard InChI is InChI=1S/C18H18O7/c1-11-6-12(7-16(22-2)18(11)23-3)4-5-17(21)25-9-13-8-14(19)15(20)10-24-13/h4-8,10,20H,9H2,1-3H3/b5-4+. The number of aromatic hydroxyl groups is 1. The van der Waals surface area contributed by atoms with E-state index in [-0.39, 0.29) is 12.4 Å². The lowest BCUT2D eigenvalue weighted by molar-refractivity contribution is -0.139. The maximum Gasteiger partial charge on any atom is 0.331 e. The number of carbonyl (C=O) groups excluding carboxylic acids is 1. The van der Waals surface area contributed by atoms with Crippen LogP contribution in [0.15, 0.2) is 39.7 Å². The van der Waals surface area contributed by atoms with Gasteiger partial charge in [-0.2, -0.15) is 0 Å². The first-order chi connectivity index (χ1) is 11.9. The molecule has 0 saturated heterocycles. The molecular weight excluding hydrogens is 328 g/mol. The van der Waals surface area contributed by atoms with E-state index >= 15 is 0 Å². The lowest BCUT2D eigenvalue weighted by Gasteiger charge is -2.11. The van der Waals surface area contributed by atoms with Crippen molar-refractivity contribution in [3.63, 3.8) is 0 Å². The summed E-state index contributed by atoms with van der Waals surface area (Å²) in [7, 11) is 3.09. The normalized spacial score (nSPS) is 10.7. The Morgan fingerprint density at radius 1 is 1.24 bits per heavy atom. The Bertz CT molecular complexity index is 849. The number of ether oxygens (including phenoxy) is 3. The van der Waals surface area contributed by atoms with Crippen LogP contribution in [0.4, 0.5) is 0 Å². The van der Waals surface area contributed by atoms with E-state index in [9.17, 15) is 9.59 Å². The van der Waals surface area contributed by atoms with Gasteiger partial charge in [0.05, 0.1) is 14.2 Å². The molecule has 2 rings (SSSR count). The van der Waals surface area contributed by atoms with Gasteiger partial charge in [0, 0.05) is 12.1 Å². The molecule has 0 unspecified atom stereocenters. The van der Waals surface area contributed by atoms with Gasteiger partial charge in [-0.3, -0.25) is 4.79 Å². The van der Waals surface area contributed by atoms with E-state index in [0.717, 1.165) is 23.5 Å². The largest absolute Gasteiger partial charge is 0.502 e. The van der Waals surface area contributed by atoms with Crippen molar-refractivity contribution in [1.29, 1.82) is 0 Å². The number of esters is 1. The van der Waals surface area contributed by atoms with E-state index in [2.05, 4.69) is 0 Å². The molecule has 0 fully saturated rings. The summed E-state index contributed by atoms with van der Waals surface area (Å²) < 4.78 is 20.4. The summed E-state index contributed by atoms with van der Waals surface area (Å²) in [4.78, 5) is 23.0. The van der Waals surface area contributed by atoms with Crippen LogP contribution in [-0.4, -0.2) is 25.3 Å². The first-order valence-electron chi connectivity index (χ1n) is 7.32. The molecule has 0 saturated carbocycles. The molecule has 0 spiro atoms. The molecule has 0 aliphatic heterocycles. The van der Waals surface area contributed by atoms with Crippen molar-refractivity contribution in [2.75, 3.05) is 14.2 Å². The smallest absolute Gasteiger partial charge is 0.331 e. The summed E-state index contributed by atoms with van der Waals surface area (Å²) in [5.41, 5.74) is 0.998. The lowest BCUT2D eigenvalue weighted by Crippen LogP contribution is -2.04. The summed E-state index contributed by atoms with van der Waals surface area (Å²) in [6, 6.07) is 4.63. The molecule has 0 atom stereocenters. The molecule has 7 heteroatoms. The summed E-state index contributed by atoms with van der Waals surface area (Å²) in [6.45, 7) is 1.65. The molecule has 0 radical (unpaired) electrons. The minimum absolute atomic E-state index is 0.131. The van der Waals surface area contributed by atoms with Crippen LogP contribution in [-0.2, 0) is 16.1 Å². The Morgan fingerprint density at radius 2 is 2.00 bits per heavy atom. The molecule has 7 nitrogen and oxygen atoms in total. The van der Waals surface area contributed by atoms with Crippen LogP contribution in [0.2, 0.25) is 0 Å². The van der Waals surface area contributed by atoms with E-state index in [0.29, 0.717) is 11.5 Å². The first-order valence-corrected chi connectivity index (χ1v) is 7.32. The van der Waals surface area contributed by atoms with Gasteiger partial charge >= 0.3 is 5.97 Å². The van der Waals surface area contributed by atoms with Crippen LogP contribution < -0.4 is 14.9 Å².